The predicted molar refractivity (Wildman–Crippen MR) is 63.8 cm³/mol. The van der Waals surface area contributed by atoms with Crippen molar-refractivity contribution in [2.45, 2.75) is 19.1 Å². The van der Waals surface area contributed by atoms with E-state index in [0.717, 1.165) is 5.56 Å². The van der Waals surface area contributed by atoms with Gasteiger partial charge in [-0.3, -0.25) is 9.69 Å². The number of aliphatic carboxylic acids is 1. The Morgan fingerprint density at radius 3 is 2.72 bits per heavy atom. The largest absolute Gasteiger partial charge is 0.480 e. The molecule has 5 heteroatoms. The molecule has 98 valence electrons. The average molecular weight is 253 g/mol. The van der Waals surface area contributed by atoms with E-state index >= 15 is 0 Å². The zero-order valence-electron chi connectivity index (χ0n) is 10.2. The highest BCUT2D eigenvalue weighted by atomic mass is 19.1. The summed E-state index contributed by atoms with van der Waals surface area (Å²) < 4.78 is 18.6. The summed E-state index contributed by atoms with van der Waals surface area (Å²) in [5, 5.41) is 8.81. The minimum Gasteiger partial charge on any atom is -0.480 e. The van der Waals surface area contributed by atoms with Crippen LogP contribution >= 0.6 is 0 Å². The molecule has 4 nitrogen and oxygen atoms in total. The molecule has 0 saturated carbocycles. The molecule has 1 N–H and O–H groups in total. The summed E-state index contributed by atoms with van der Waals surface area (Å²) in [6.45, 7) is 3.03. The molecule has 2 atom stereocenters. The van der Waals surface area contributed by atoms with Gasteiger partial charge in [-0.25, -0.2) is 4.39 Å². The van der Waals surface area contributed by atoms with Gasteiger partial charge >= 0.3 is 5.97 Å². The van der Waals surface area contributed by atoms with Crippen LogP contribution in [0.25, 0.3) is 0 Å². The third kappa shape index (κ3) is 3.27. The molecular weight excluding hydrogens is 237 g/mol. The second-order valence-corrected chi connectivity index (χ2v) is 4.57. The Labute approximate surface area is 105 Å². The Balaban J connectivity index is 2.08. The zero-order chi connectivity index (χ0) is 13.1. The third-order valence-corrected chi connectivity index (χ3v) is 2.94. The number of carboxylic acids is 1. The molecule has 1 fully saturated rings. The number of morpholine rings is 1. The van der Waals surface area contributed by atoms with Crippen LogP contribution in [0.5, 0.6) is 0 Å². The van der Waals surface area contributed by atoms with Gasteiger partial charge in [-0.05, 0) is 24.6 Å². The number of hydrogen-bond donors (Lipinski definition) is 1. The minimum absolute atomic E-state index is 0.00535. The first-order valence-corrected chi connectivity index (χ1v) is 5.89. The van der Waals surface area contributed by atoms with Crippen LogP contribution in [0.4, 0.5) is 4.39 Å². The van der Waals surface area contributed by atoms with Gasteiger partial charge in [0.25, 0.3) is 0 Å². The molecule has 0 amide bonds. The number of halogens is 1. The summed E-state index contributed by atoms with van der Waals surface area (Å²) in [7, 11) is 0. The fourth-order valence-electron chi connectivity index (χ4n) is 2.22. The van der Waals surface area contributed by atoms with Crippen molar-refractivity contribution in [1.29, 1.82) is 0 Å². The van der Waals surface area contributed by atoms with Crippen molar-refractivity contribution in [3.8, 4) is 0 Å². The van der Waals surface area contributed by atoms with Crippen LogP contribution in [-0.2, 0) is 9.53 Å². The maximum Gasteiger partial charge on any atom is 0.317 e. The van der Waals surface area contributed by atoms with Crippen molar-refractivity contribution in [3.05, 3.63) is 35.6 Å². The molecular formula is C13H16FNO3. The van der Waals surface area contributed by atoms with Crippen LogP contribution in [0.2, 0.25) is 0 Å². The molecule has 0 radical (unpaired) electrons. The second kappa shape index (κ2) is 5.46. The Hall–Kier alpha value is -1.46. The molecule has 1 saturated heterocycles. The summed E-state index contributed by atoms with van der Waals surface area (Å²) >= 11 is 0. The monoisotopic (exact) mass is 253 g/mol. The molecule has 1 aromatic carbocycles. The lowest BCUT2D eigenvalue weighted by molar-refractivity contribution is -0.142. The van der Waals surface area contributed by atoms with E-state index in [-0.39, 0.29) is 24.6 Å². The van der Waals surface area contributed by atoms with Gasteiger partial charge in [0.2, 0.25) is 0 Å². The molecule has 1 aliphatic heterocycles. The topological polar surface area (TPSA) is 49.8 Å². The van der Waals surface area contributed by atoms with E-state index < -0.39 is 5.97 Å². The molecule has 1 aromatic rings. The van der Waals surface area contributed by atoms with Crippen LogP contribution in [0.1, 0.15) is 18.6 Å². The van der Waals surface area contributed by atoms with Gasteiger partial charge in [-0.1, -0.05) is 12.1 Å². The van der Waals surface area contributed by atoms with Gasteiger partial charge in [-0.2, -0.15) is 0 Å². The summed E-state index contributed by atoms with van der Waals surface area (Å²) in [5.74, 6) is -1.13. The fraction of sp³-hybridized carbons (Fsp3) is 0.462. The number of rotatable bonds is 3. The molecule has 0 bridgehead atoms. The van der Waals surface area contributed by atoms with Crippen molar-refractivity contribution in [2.24, 2.45) is 0 Å². The van der Waals surface area contributed by atoms with Crippen molar-refractivity contribution < 1.29 is 19.0 Å². The normalized spacial score (nSPS) is 25.0. The van der Waals surface area contributed by atoms with Crippen LogP contribution in [-0.4, -0.2) is 41.7 Å². The summed E-state index contributed by atoms with van der Waals surface area (Å²) in [5.41, 5.74) is 0.873. The lowest BCUT2D eigenvalue weighted by Crippen LogP contribution is -2.44. The van der Waals surface area contributed by atoms with Gasteiger partial charge in [0, 0.05) is 13.1 Å². The Bertz CT molecular complexity index is 421. The van der Waals surface area contributed by atoms with E-state index in [2.05, 4.69) is 0 Å². The molecule has 18 heavy (non-hydrogen) atoms. The standard InChI is InChI=1S/C13H16FNO3/c1-9-6-15(8-13(16)17)7-12(18-9)10-2-4-11(14)5-3-10/h2-5,9,12H,6-8H2,1H3,(H,16,17)/t9-,12+/m1/s1. The van der Waals surface area contributed by atoms with Crippen LogP contribution in [0, 0.1) is 5.82 Å². The van der Waals surface area contributed by atoms with E-state index in [1.165, 1.54) is 12.1 Å². The molecule has 0 aliphatic carbocycles. The number of hydrogen-bond acceptors (Lipinski definition) is 3. The smallest absolute Gasteiger partial charge is 0.317 e. The van der Waals surface area contributed by atoms with Gasteiger partial charge in [0.15, 0.2) is 0 Å². The average Bonchev–Trinajstić information content (AvgIpc) is 2.28. The Kier molecular flexibility index (Phi) is 3.93. The highest BCUT2D eigenvalue weighted by Gasteiger charge is 2.27. The highest BCUT2D eigenvalue weighted by molar-refractivity contribution is 5.69. The molecule has 2 rings (SSSR count). The van der Waals surface area contributed by atoms with Crippen molar-refractivity contribution in [3.63, 3.8) is 0 Å². The Morgan fingerprint density at radius 2 is 2.11 bits per heavy atom. The molecule has 0 unspecified atom stereocenters. The summed E-state index contributed by atoms with van der Waals surface area (Å²) in [6.07, 6.45) is -0.234. The van der Waals surface area contributed by atoms with Gasteiger partial charge in [0.05, 0.1) is 18.8 Å². The first-order chi connectivity index (χ1) is 8.54. The van der Waals surface area contributed by atoms with Crippen molar-refractivity contribution in [1.82, 2.24) is 4.90 Å². The number of nitrogens with zero attached hydrogens (tertiary/aromatic N) is 1. The van der Waals surface area contributed by atoms with Gasteiger partial charge in [0.1, 0.15) is 5.82 Å². The molecule has 0 aromatic heterocycles. The minimum atomic E-state index is -0.845. The zero-order valence-corrected chi connectivity index (χ0v) is 10.2. The fourth-order valence-corrected chi connectivity index (χ4v) is 2.22. The highest BCUT2D eigenvalue weighted by Crippen LogP contribution is 2.25. The maximum atomic E-state index is 12.9. The summed E-state index contributed by atoms with van der Waals surface area (Å²) in [4.78, 5) is 12.6. The molecule has 0 spiro atoms. The van der Waals surface area contributed by atoms with Crippen LogP contribution in [0.3, 0.4) is 0 Å². The van der Waals surface area contributed by atoms with Gasteiger partial charge < -0.3 is 9.84 Å². The quantitative estimate of drug-likeness (QED) is 0.890. The first-order valence-electron chi connectivity index (χ1n) is 5.89. The Morgan fingerprint density at radius 1 is 1.44 bits per heavy atom. The lowest BCUT2D eigenvalue weighted by atomic mass is 10.1. The number of carboxylic acid groups (broad SMARTS) is 1. The molecule has 1 aliphatic rings. The SMILES string of the molecule is C[C@@H]1CN(CC(=O)O)C[C@@H](c2ccc(F)cc2)O1. The van der Waals surface area contributed by atoms with E-state index in [1.807, 2.05) is 11.8 Å². The second-order valence-electron chi connectivity index (χ2n) is 4.57. The lowest BCUT2D eigenvalue weighted by Gasteiger charge is -2.36. The van der Waals surface area contributed by atoms with Crippen LogP contribution < -0.4 is 0 Å². The van der Waals surface area contributed by atoms with Crippen molar-refractivity contribution >= 4 is 5.97 Å². The van der Waals surface area contributed by atoms with E-state index in [0.29, 0.717) is 13.1 Å². The van der Waals surface area contributed by atoms with E-state index in [9.17, 15) is 9.18 Å². The molecule has 1 heterocycles. The van der Waals surface area contributed by atoms with Crippen molar-refractivity contribution in [2.75, 3.05) is 19.6 Å². The third-order valence-electron chi connectivity index (χ3n) is 2.94. The van der Waals surface area contributed by atoms with E-state index in [4.69, 9.17) is 9.84 Å². The number of benzene rings is 1. The van der Waals surface area contributed by atoms with E-state index in [1.54, 1.807) is 12.1 Å². The predicted octanol–water partition coefficient (Wildman–Crippen LogP) is 1.67. The number of ether oxygens (including phenoxy) is 1. The maximum absolute atomic E-state index is 12.9. The van der Waals surface area contributed by atoms with Crippen LogP contribution in [0.15, 0.2) is 24.3 Å². The first kappa shape index (κ1) is 13.0. The number of carbonyl (C=O) groups is 1. The van der Waals surface area contributed by atoms with Gasteiger partial charge in [-0.15, -0.1) is 0 Å². The summed E-state index contributed by atoms with van der Waals surface area (Å²) in [6, 6.07) is 6.13.